The molecule has 1 atom stereocenters. The van der Waals surface area contributed by atoms with E-state index >= 15 is 0 Å². The number of aromatic nitrogens is 2. The third kappa shape index (κ3) is 4.12. The Morgan fingerprint density at radius 2 is 2.26 bits per heavy atom. The number of nitrogens with one attached hydrogen (secondary N) is 2. The van der Waals surface area contributed by atoms with Crippen LogP contribution in [-0.2, 0) is 22.4 Å². The molecule has 1 saturated heterocycles. The average molecular weight is 320 g/mol. The van der Waals surface area contributed by atoms with Gasteiger partial charge in [0, 0.05) is 18.8 Å². The first-order chi connectivity index (χ1) is 11.3. The van der Waals surface area contributed by atoms with Crippen molar-refractivity contribution in [1.82, 2.24) is 20.2 Å². The number of imidazole rings is 1. The van der Waals surface area contributed by atoms with Gasteiger partial charge in [0.05, 0.1) is 24.9 Å². The summed E-state index contributed by atoms with van der Waals surface area (Å²) in [5, 5.41) is 2.93. The fraction of sp³-hybridized carbons (Fsp3) is 0.765. The predicted octanol–water partition coefficient (Wildman–Crippen LogP) is 1.58. The lowest BCUT2D eigenvalue weighted by atomic mass is 10.0. The maximum atomic E-state index is 12.1. The number of amides is 1. The number of ether oxygens (including phenoxy) is 1. The highest BCUT2D eigenvalue weighted by molar-refractivity contribution is 5.78. The van der Waals surface area contributed by atoms with Crippen LogP contribution in [0, 0.1) is 0 Å². The van der Waals surface area contributed by atoms with Crippen LogP contribution in [0.15, 0.2) is 0 Å². The molecule has 2 heterocycles. The maximum absolute atomic E-state index is 12.1. The number of carbonyl (C=O) groups excluding carboxylic acids is 1. The Balaban J connectivity index is 1.55. The van der Waals surface area contributed by atoms with Crippen LogP contribution in [0.25, 0.3) is 0 Å². The molecular weight excluding hydrogens is 292 g/mol. The number of carbonyl (C=O) groups is 1. The zero-order valence-corrected chi connectivity index (χ0v) is 14.1. The fourth-order valence-electron chi connectivity index (χ4n) is 3.61. The van der Waals surface area contributed by atoms with E-state index in [1.54, 1.807) is 0 Å². The van der Waals surface area contributed by atoms with Gasteiger partial charge >= 0.3 is 0 Å². The molecular formula is C17H28N4O2. The minimum Gasteiger partial charge on any atom is -0.380 e. The van der Waals surface area contributed by atoms with Crippen molar-refractivity contribution in [3.63, 3.8) is 0 Å². The Bertz CT molecular complexity index is 505. The molecule has 0 radical (unpaired) electrons. The van der Waals surface area contributed by atoms with Gasteiger partial charge in [-0.25, -0.2) is 4.98 Å². The summed E-state index contributed by atoms with van der Waals surface area (Å²) < 4.78 is 5.25. The van der Waals surface area contributed by atoms with Gasteiger partial charge in [-0.2, -0.15) is 0 Å². The van der Waals surface area contributed by atoms with E-state index in [-0.39, 0.29) is 11.9 Å². The Morgan fingerprint density at radius 3 is 3.09 bits per heavy atom. The van der Waals surface area contributed by atoms with Crippen LogP contribution < -0.4 is 5.32 Å². The lowest BCUT2D eigenvalue weighted by molar-refractivity contribution is -0.122. The van der Waals surface area contributed by atoms with Crippen LogP contribution in [0.3, 0.4) is 0 Å². The molecule has 1 aromatic heterocycles. The molecule has 0 bridgehead atoms. The Morgan fingerprint density at radius 1 is 1.39 bits per heavy atom. The van der Waals surface area contributed by atoms with Crippen molar-refractivity contribution in [3.05, 3.63) is 17.2 Å². The van der Waals surface area contributed by atoms with E-state index < -0.39 is 0 Å². The molecule has 0 spiro atoms. The van der Waals surface area contributed by atoms with Gasteiger partial charge in [0.1, 0.15) is 5.82 Å². The van der Waals surface area contributed by atoms with E-state index in [4.69, 9.17) is 9.72 Å². The van der Waals surface area contributed by atoms with Gasteiger partial charge in [0.15, 0.2) is 0 Å². The van der Waals surface area contributed by atoms with Gasteiger partial charge in [-0.1, -0.05) is 0 Å². The van der Waals surface area contributed by atoms with Crippen molar-refractivity contribution in [3.8, 4) is 0 Å². The number of likely N-dealkylation sites (tertiary alicyclic amines) is 1. The number of H-pyrrole nitrogens is 1. The molecule has 2 N–H and O–H groups in total. The van der Waals surface area contributed by atoms with Crippen LogP contribution in [0.2, 0.25) is 0 Å². The summed E-state index contributed by atoms with van der Waals surface area (Å²) in [7, 11) is 0. The summed E-state index contributed by atoms with van der Waals surface area (Å²) in [6.45, 7) is 5.22. The number of hydrogen-bond acceptors (Lipinski definition) is 4. The molecule has 1 aromatic rings. The van der Waals surface area contributed by atoms with Crippen LogP contribution >= 0.6 is 0 Å². The second-order valence-electron chi connectivity index (χ2n) is 6.43. The van der Waals surface area contributed by atoms with Crippen LogP contribution in [0.5, 0.6) is 0 Å². The minimum atomic E-state index is 0.0768. The fourth-order valence-corrected chi connectivity index (χ4v) is 3.61. The number of hydrogen-bond donors (Lipinski definition) is 2. The number of aryl methyl sites for hydroxylation is 2. The lowest BCUT2D eigenvalue weighted by Gasteiger charge is -2.22. The molecule has 0 saturated carbocycles. The van der Waals surface area contributed by atoms with Crippen molar-refractivity contribution in [2.75, 3.05) is 32.8 Å². The molecule has 6 heteroatoms. The van der Waals surface area contributed by atoms with Crippen LogP contribution in [0.1, 0.15) is 55.9 Å². The van der Waals surface area contributed by atoms with Gasteiger partial charge in [-0.15, -0.1) is 0 Å². The summed E-state index contributed by atoms with van der Waals surface area (Å²) in [6, 6.07) is 0.262. The minimum absolute atomic E-state index is 0.0768. The normalized spacial score (nSPS) is 21.3. The van der Waals surface area contributed by atoms with Gasteiger partial charge in [0.2, 0.25) is 5.91 Å². The first kappa shape index (κ1) is 16.5. The molecule has 1 aliphatic heterocycles. The highest BCUT2D eigenvalue weighted by atomic mass is 16.5. The number of nitrogens with zero attached hydrogens (tertiary/aromatic N) is 2. The standard InChI is InChI=1S/C17H28N4O2/c1-2-23-11-9-18-16(22)12-21-10-5-8-15(21)17-19-13-6-3-4-7-14(13)20-17/h15H,2-12H2,1H3,(H,18,22)(H,19,20)/t15-/m0/s1. The summed E-state index contributed by atoms with van der Waals surface area (Å²) in [5.74, 6) is 1.14. The third-order valence-electron chi connectivity index (χ3n) is 4.77. The molecule has 128 valence electrons. The molecule has 1 aliphatic carbocycles. The number of rotatable bonds is 7. The lowest BCUT2D eigenvalue weighted by Crippen LogP contribution is -2.38. The van der Waals surface area contributed by atoms with Crippen molar-refractivity contribution in [2.24, 2.45) is 0 Å². The van der Waals surface area contributed by atoms with E-state index in [2.05, 4.69) is 15.2 Å². The second kappa shape index (κ2) is 7.93. The summed E-state index contributed by atoms with van der Waals surface area (Å²) in [5.41, 5.74) is 2.57. The first-order valence-corrected chi connectivity index (χ1v) is 8.94. The molecule has 1 fully saturated rings. The maximum Gasteiger partial charge on any atom is 0.234 e. The van der Waals surface area contributed by atoms with E-state index in [0.29, 0.717) is 26.3 Å². The molecule has 6 nitrogen and oxygen atoms in total. The average Bonchev–Trinajstić information content (AvgIpc) is 3.17. The van der Waals surface area contributed by atoms with Crippen LogP contribution in [0.4, 0.5) is 0 Å². The highest BCUT2D eigenvalue weighted by Crippen LogP contribution is 2.31. The number of fused-ring (bicyclic) bond motifs is 1. The van der Waals surface area contributed by atoms with Gasteiger partial charge in [0.25, 0.3) is 0 Å². The van der Waals surface area contributed by atoms with E-state index in [9.17, 15) is 4.79 Å². The van der Waals surface area contributed by atoms with Crippen molar-refractivity contribution in [1.29, 1.82) is 0 Å². The topological polar surface area (TPSA) is 70.2 Å². The van der Waals surface area contributed by atoms with E-state index in [0.717, 1.165) is 38.1 Å². The largest absolute Gasteiger partial charge is 0.380 e. The predicted molar refractivity (Wildman–Crippen MR) is 88.3 cm³/mol. The zero-order chi connectivity index (χ0) is 16.1. The highest BCUT2D eigenvalue weighted by Gasteiger charge is 2.30. The van der Waals surface area contributed by atoms with Gasteiger partial charge < -0.3 is 15.0 Å². The zero-order valence-electron chi connectivity index (χ0n) is 14.1. The molecule has 3 rings (SSSR count). The third-order valence-corrected chi connectivity index (χ3v) is 4.77. The summed E-state index contributed by atoms with van der Waals surface area (Å²) >= 11 is 0. The van der Waals surface area contributed by atoms with E-state index in [1.165, 1.54) is 24.2 Å². The van der Waals surface area contributed by atoms with E-state index in [1.807, 2.05) is 6.92 Å². The Hall–Kier alpha value is -1.40. The van der Waals surface area contributed by atoms with Crippen LogP contribution in [-0.4, -0.2) is 53.6 Å². The Labute approximate surface area is 138 Å². The van der Waals surface area contributed by atoms with Gasteiger partial charge in [-0.05, 0) is 52.0 Å². The van der Waals surface area contributed by atoms with Crippen molar-refractivity contribution < 1.29 is 9.53 Å². The SMILES string of the molecule is CCOCCNC(=O)CN1CCC[C@H]1c1nc2c([nH]1)CCCC2. The first-order valence-electron chi connectivity index (χ1n) is 8.94. The Kier molecular flexibility index (Phi) is 5.67. The molecule has 0 aromatic carbocycles. The number of aromatic amines is 1. The van der Waals surface area contributed by atoms with Gasteiger partial charge in [-0.3, -0.25) is 9.69 Å². The quantitative estimate of drug-likeness (QED) is 0.748. The molecule has 2 aliphatic rings. The monoisotopic (exact) mass is 320 g/mol. The smallest absolute Gasteiger partial charge is 0.234 e. The summed E-state index contributed by atoms with van der Waals surface area (Å²) in [4.78, 5) is 22.7. The summed E-state index contributed by atoms with van der Waals surface area (Å²) in [6.07, 6.45) is 6.92. The second-order valence-corrected chi connectivity index (χ2v) is 6.43. The van der Waals surface area contributed by atoms with Crippen molar-refractivity contribution >= 4 is 5.91 Å². The molecule has 0 unspecified atom stereocenters. The molecule has 23 heavy (non-hydrogen) atoms. The molecule has 1 amide bonds. The van der Waals surface area contributed by atoms with Crippen molar-refractivity contribution in [2.45, 2.75) is 51.5 Å².